The number of rotatable bonds is 10. The number of nitrogens with one attached hydrogen (secondary N) is 1. The first kappa shape index (κ1) is 38.2. The van der Waals surface area contributed by atoms with Crippen LogP contribution in [0, 0.1) is 49.6 Å². The molecule has 3 aromatic rings. The summed E-state index contributed by atoms with van der Waals surface area (Å²) in [5.41, 5.74) is -3.22. The molecule has 0 bridgehead atoms. The topological polar surface area (TPSA) is 91.6 Å². The lowest BCUT2D eigenvalue weighted by Gasteiger charge is -2.32. The summed E-state index contributed by atoms with van der Waals surface area (Å²) < 4.78 is 90.0. The van der Waals surface area contributed by atoms with Crippen molar-refractivity contribution in [1.29, 1.82) is 0 Å². The van der Waals surface area contributed by atoms with Crippen LogP contribution in [-0.4, -0.2) is 46.6 Å². The van der Waals surface area contributed by atoms with E-state index >= 15 is 8.78 Å². The largest absolute Gasteiger partial charge is 0.481 e. The van der Waals surface area contributed by atoms with E-state index in [4.69, 9.17) is 6.42 Å². The average Bonchev–Trinajstić information content (AvgIpc) is 3.00. The van der Waals surface area contributed by atoms with E-state index in [0.29, 0.717) is 32.0 Å². The van der Waals surface area contributed by atoms with E-state index in [2.05, 4.69) is 11.2 Å². The minimum Gasteiger partial charge on any atom is -0.481 e. The van der Waals surface area contributed by atoms with Gasteiger partial charge in [0.25, 0.3) is 5.56 Å². The Morgan fingerprint density at radius 2 is 1.64 bits per heavy atom. The maximum atomic E-state index is 16.5. The van der Waals surface area contributed by atoms with Crippen LogP contribution in [0.3, 0.4) is 0 Å². The second kappa shape index (κ2) is 15.1. The van der Waals surface area contributed by atoms with E-state index in [9.17, 15) is 37.1 Å². The number of alkyl halides is 3. The van der Waals surface area contributed by atoms with Gasteiger partial charge in [0.2, 0.25) is 5.91 Å². The molecule has 0 radical (unpaired) electrons. The van der Waals surface area contributed by atoms with Gasteiger partial charge in [0.15, 0.2) is 0 Å². The fraction of sp³-hybridized carbons (Fsp3) is 0.432. The number of pyridine rings is 1. The smallest absolute Gasteiger partial charge is 0.416 e. The lowest BCUT2D eigenvalue weighted by molar-refractivity contribution is -0.139. The molecule has 1 aliphatic heterocycles. The minimum absolute atomic E-state index is 0.0850. The van der Waals surface area contributed by atoms with E-state index in [1.165, 1.54) is 13.8 Å². The van der Waals surface area contributed by atoms with Crippen LogP contribution >= 0.6 is 0 Å². The van der Waals surface area contributed by atoms with Crippen molar-refractivity contribution >= 4 is 11.9 Å². The zero-order valence-corrected chi connectivity index (χ0v) is 28.4. The fourth-order valence-corrected chi connectivity index (χ4v) is 6.75. The molecule has 7 nitrogen and oxygen atoms in total. The van der Waals surface area contributed by atoms with Gasteiger partial charge in [0.05, 0.1) is 23.6 Å². The number of aromatic nitrogens is 1. The summed E-state index contributed by atoms with van der Waals surface area (Å²) in [6.45, 7) is 7.44. The number of carbonyl (C=O) groups is 2. The van der Waals surface area contributed by atoms with Crippen molar-refractivity contribution in [3.63, 3.8) is 0 Å². The number of amides is 1. The van der Waals surface area contributed by atoms with Gasteiger partial charge in [-0.15, -0.1) is 6.42 Å². The number of hydrogen-bond donors (Lipinski definition) is 2. The highest BCUT2D eigenvalue weighted by Crippen LogP contribution is 2.40. The van der Waals surface area contributed by atoms with Gasteiger partial charge in [-0.25, -0.2) is 13.2 Å². The summed E-state index contributed by atoms with van der Waals surface area (Å²) in [5, 5.41) is 12.2. The molecule has 268 valence electrons. The lowest BCUT2D eigenvalue weighted by atomic mass is 9.87. The van der Waals surface area contributed by atoms with Crippen LogP contribution < -0.4 is 10.9 Å². The number of terminal acetylenes is 1. The van der Waals surface area contributed by atoms with Crippen LogP contribution in [0.5, 0.6) is 0 Å². The Hall–Kier alpha value is -4.57. The number of hydrogen-bond acceptors (Lipinski definition) is 4. The molecular formula is C37H39F6N3O4. The molecule has 1 saturated heterocycles. The first-order valence-corrected chi connectivity index (χ1v) is 16.1. The van der Waals surface area contributed by atoms with Crippen LogP contribution in [0.2, 0.25) is 0 Å². The molecule has 1 amide bonds. The fourth-order valence-electron chi connectivity index (χ4n) is 6.75. The highest BCUT2D eigenvalue weighted by atomic mass is 19.4. The van der Waals surface area contributed by atoms with Crippen LogP contribution in [0.25, 0.3) is 11.1 Å². The van der Waals surface area contributed by atoms with Crippen LogP contribution in [0.15, 0.2) is 35.3 Å². The predicted molar refractivity (Wildman–Crippen MR) is 176 cm³/mol. The number of halogens is 6. The number of piperidine rings is 1. The minimum atomic E-state index is -4.85. The molecular weight excluding hydrogens is 664 g/mol. The number of aliphatic carboxylic acids is 1. The average molecular weight is 704 g/mol. The molecule has 0 spiro atoms. The maximum absolute atomic E-state index is 16.5. The predicted octanol–water partition coefficient (Wildman–Crippen LogP) is 7.28. The van der Waals surface area contributed by atoms with E-state index in [0.717, 1.165) is 29.0 Å². The summed E-state index contributed by atoms with van der Waals surface area (Å²) in [7, 11) is 1.84. The number of carboxylic acids is 1. The third kappa shape index (κ3) is 8.24. The van der Waals surface area contributed by atoms with Crippen LogP contribution in [0.4, 0.5) is 26.3 Å². The maximum Gasteiger partial charge on any atom is 0.416 e. The molecule has 2 unspecified atom stereocenters. The lowest BCUT2D eigenvalue weighted by Crippen LogP contribution is -2.41. The van der Waals surface area contributed by atoms with E-state index < -0.39 is 82.2 Å². The third-order valence-electron chi connectivity index (χ3n) is 9.11. The second-order valence-corrected chi connectivity index (χ2v) is 13.3. The first-order chi connectivity index (χ1) is 23.3. The number of benzene rings is 2. The van der Waals surface area contributed by atoms with Gasteiger partial charge in [0, 0.05) is 23.4 Å². The SMILES string of the molecule is C#Cc1cc(-c2c(C)cc(F)cc2C)c(F)c(C(CC(=O)O)NC(=O)C(CC(C)C)n2cc(C3CCN(C)CC3)c(C(F)(F)F)cc2=O)c1F. The van der Waals surface area contributed by atoms with Gasteiger partial charge < -0.3 is 19.9 Å². The van der Waals surface area contributed by atoms with Gasteiger partial charge >= 0.3 is 12.1 Å². The molecule has 1 aliphatic rings. The van der Waals surface area contributed by atoms with Crippen molar-refractivity contribution in [3.05, 3.63) is 91.6 Å². The standard InChI is InChI=1S/C37H39F6N3O4/c1-7-22-15-25(32-20(4)13-24(38)14-21(32)5)35(40)33(34(22)39)28(17-31(48)49)44-36(50)29(12-19(2)3)46-18-26(23-8-10-45(6)11-9-23)27(16-30(46)47)37(41,42)43/h1,13-16,18-19,23,28-29H,8-12,17H2,2-6H3,(H,44,50)(H,48,49). The Bertz CT molecular complexity index is 1860. The van der Waals surface area contributed by atoms with Gasteiger partial charge in [-0.1, -0.05) is 19.8 Å². The summed E-state index contributed by atoms with van der Waals surface area (Å²) in [4.78, 5) is 41.4. The number of carboxylic acid groups (broad SMARTS) is 1. The van der Waals surface area contributed by atoms with Gasteiger partial charge in [-0.2, -0.15) is 13.2 Å². The van der Waals surface area contributed by atoms with Gasteiger partial charge in [0.1, 0.15) is 23.5 Å². The second-order valence-electron chi connectivity index (χ2n) is 13.3. The van der Waals surface area contributed by atoms with Gasteiger partial charge in [-0.3, -0.25) is 14.4 Å². The van der Waals surface area contributed by atoms with Crippen LogP contribution in [0.1, 0.15) is 90.9 Å². The summed E-state index contributed by atoms with van der Waals surface area (Å²) in [6, 6.07) is 0.410. The molecule has 0 aliphatic carbocycles. The Kier molecular flexibility index (Phi) is 11.6. The molecule has 2 N–H and O–H groups in total. The zero-order valence-electron chi connectivity index (χ0n) is 28.4. The number of likely N-dealkylation sites (tertiary alicyclic amines) is 1. The van der Waals surface area contributed by atoms with Crippen molar-refractivity contribution in [2.75, 3.05) is 20.1 Å². The monoisotopic (exact) mass is 703 g/mol. The van der Waals surface area contributed by atoms with Crippen molar-refractivity contribution in [1.82, 2.24) is 14.8 Å². The van der Waals surface area contributed by atoms with Crippen LogP contribution in [-0.2, 0) is 15.8 Å². The molecule has 0 saturated carbocycles. The Morgan fingerprint density at radius 1 is 1.04 bits per heavy atom. The number of aryl methyl sites for hydroxylation is 2. The molecule has 13 heteroatoms. The summed E-state index contributed by atoms with van der Waals surface area (Å²) in [6.07, 6.45) is 1.37. The first-order valence-electron chi connectivity index (χ1n) is 16.1. The summed E-state index contributed by atoms with van der Waals surface area (Å²) >= 11 is 0. The Morgan fingerprint density at radius 3 is 2.16 bits per heavy atom. The van der Waals surface area contributed by atoms with Crippen molar-refractivity contribution in [2.45, 2.75) is 77.6 Å². The molecule has 50 heavy (non-hydrogen) atoms. The number of nitrogens with zero attached hydrogens (tertiary/aromatic N) is 2. The molecule has 1 aromatic heterocycles. The Labute approximate surface area is 286 Å². The van der Waals surface area contributed by atoms with E-state index in [1.54, 1.807) is 13.8 Å². The normalized spacial score (nSPS) is 15.5. The highest BCUT2D eigenvalue weighted by molar-refractivity contribution is 5.82. The van der Waals surface area contributed by atoms with Crippen molar-refractivity contribution in [3.8, 4) is 23.5 Å². The highest BCUT2D eigenvalue weighted by Gasteiger charge is 2.39. The molecule has 2 aromatic carbocycles. The molecule has 2 atom stereocenters. The van der Waals surface area contributed by atoms with Crippen molar-refractivity contribution < 1.29 is 41.0 Å². The zero-order chi connectivity index (χ0) is 37.2. The van der Waals surface area contributed by atoms with E-state index in [1.807, 2.05) is 11.9 Å². The molecule has 2 heterocycles. The summed E-state index contributed by atoms with van der Waals surface area (Å²) in [5.74, 6) is -4.51. The van der Waals surface area contributed by atoms with Gasteiger partial charge in [-0.05, 0) is 106 Å². The van der Waals surface area contributed by atoms with Crippen molar-refractivity contribution in [2.24, 2.45) is 5.92 Å². The molecule has 4 rings (SSSR count). The third-order valence-corrected chi connectivity index (χ3v) is 9.11. The molecule has 1 fully saturated rings. The van der Waals surface area contributed by atoms with E-state index in [-0.39, 0.29) is 40.2 Å². The quantitative estimate of drug-likeness (QED) is 0.171. The Balaban J connectivity index is 1.88. The number of carbonyl (C=O) groups excluding carboxylic acids is 1.